The van der Waals surface area contributed by atoms with Crippen LogP contribution >= 0.6 is 0 Å². The van der Waals surface area contributed by atoms with E-state index in [1.165, 1.54) is 10.4 Å². The molecule has 1 aliphatic carbocycles. The van der Waals surface area contributed by atoms with Crippen LogP contribution in [0, 0.1) is 0 Å². The molecule has 1 atom stereocenters. The lowest BCUT2D eigenvalue weighted by molar-refractivity contribution is 0.237. The first-order valence-corrected chi connectivity index (χ1v) is 9.48. The number of hydrogen-bond donors (Lipinski definition) is 1. The molecule has 4 rings (SSSR count). The van der Waals surface area contributed by atoms with E-state index in [1.807, 2.05) is 13.0 Å². The van der Waals surface area contributed by atoms with Crippen molar-refractivity contribution >= 4 is 21.3 Å². The van der Waals surface area contributed by atoms with Crippen molar-refractivity contribution in [3.63, 3.8) is 0 Å². The van der Waals surface area contributed by atoms with Crippen LogP contribution in [-0.2, 0) is 10.0 Å². The lowest BCUT2D eigenvalue weighted by Crippen LogP contribution is -2.29. The van der Waals surface area contributed by atoms with E-state index in [-0.39, 0.29) is 36.3 Å². The summed E-state index contributed by atoms with van der Waals surface area (Å²) in [6, 6.07) is 4.87. The van der Waals surface area contributed by atoms with Gasteiger partial charge in [-0.25, -0.2) is 12.8 Å². The molecule has 25 heavy (non-hydrogen) atoms. The maximum atomic E-state index is 13.4. The molecule has 0 bridgehead atoms. The predicted octanol–water partition coefficient (Wildman–Crippen LogP) is 2.72. The van der Waals surface area contributed by atoms with Crippen LogP contribution in [0.5, 0.6) is 0 Å². The van der Waals surface area contributed by atoms with Crippen molar-refractivity contribution in [3.05, 3.63) is 59.1 Å². The van der Waals surface area contributed by atoms with E-state index in [9.17, 15) is 12.8 Å². The Morgan fingerprint density at radius 2 is 2.12 bits per heavy atom. The predicted molar refractivity (Wildman–Crippen MR) is 93.1 cm³/mol. The Labute approximate surface area is 145 Å². The first-order chi connectivity index (χ1) is 11.9. The molecule has 130 valence electrons. The number of halogens is 1. The van der Waals surface area contributed by atoms with Gasteiger partial charge in [0.15, 0.2) is 0 Å². The molecule has 3 aliphatic rings. The minimum atomic E-state index is -3.58. The Morgan fingerprint density at radius 3 is 2.88 bits per heavy atom. The van der Waals surface area contributed by atoms with Gasteiger partial charge >= 0.3 is 0 Å². The maximum Gasteiger partial charge on any atom is 0.244 e. The number of hydrogen-bond acceptors (Lipinski definition) is 4. The van der Waals surface area contributed by atoms with Gasteiger partial charge in [-0.3, -0.25) is 4.99 Å². The van der Waals surface area contributed by atoms with Crippen molar-refractivity contribution < 1.29 is 17.9 Å². The van der Waals surface area contributed by atoms with E-state index >= 15 is 0 Å². The van der Waals surface area contributed by atoms with E-state index in [4.69, 9.17) is 5.11 Å². The van der Waals surface area contributed by atoms with Crippen LogP contribution in [0.15, 0.2) is 57.8 Å². The lowest BCUT2D eigenvalue weighted by Gasteiger charge is -2.18. The number of aliphatic imine (C=N–C) groups is 1. The Balaban J connectivity index is 1.76. The summed E-state index contributed by atoms with van der Waals surface area (Å²) in [5.74, 6) is -0.217. The zero-order valence-electron chi connectivity index (χ0n) is 13.6. The van der Waals surface area contributed by atoms with Gasteiger partial charge in [0, 0.05) is 36.4 Å². The van der Waals surface area contributed by atoms with E-state index in [0.29, 0.717) is 11.3 Å². The molecule has 0 saturated heterocycles. The zero-order chi connectivity index (χ0) is 17.8. The number of benzene rings is 1. The van der Waals surface area contributed by atoms with Crippen LogP contribution in [-0.4, -0.2) is 36.7 Å². The third-order valence-corrected chi connectivity index (χ3v) is 6.87. The summed E-state index contributed by atoms with van der Waals surface area (Å²) in [5.41, 5.74) is 4.00. The molecular weight excluding hydrogens is 343 g/mol. The SMILES string of the molecule is CC1c2cc(C3=CN=C4CC(F)=CC=C34)ccc2S(=O)(=O)N1CCO. The van der Waals surface area contributed by atoms with E-state index < -0.39 is 10.0 Å². The second kappa shape index (κ2) is 5.72. The molecule has 7 heteroatoms. The van der Waals surface area contributed by atoms with Crippen LogP contribution in [0.2, 0.25) is 0 Å². The molecule has 1 N–H and O–H groups in total. The molecule has 0 spiro atoms. The highest BCUT2D eigenvalue weighted by Crippen LogP contribution is 2.42. The highest BCUT2D eigenvalue weighted by atomic mass is 32.2. The van der Waals surface area contributed by atoms with Crippen LogP contribution in [0.25, 0.3) is 5.57 Å². The quantitative estimate of drug-likeness (QED) is 0.901. The molecule has 5 nitrogen and oxygen atoms in total. The number of nitrogens with zero attached hydrogens (tertiary/aromatic N) is 2. The van der Waals surface area contributed by atoms with Crippen molar-refractivity contribution in [2.75, 3.05) is 13.2 Å². The van der Waals surface area contributed by atoms with Crippen molar-refractivity contribution in [1.29, 1.82) is 0 Å². The highest BCUT2D eigenvalue weighted by Gasteiger charge is 2.40. The summed E-state index contributed by atoms with van der Waals surface area (Å²) in [6.45, 7) is 1.65. The van der Waals surface area contributed by atoms with E-state index in [1.54, 1.807) is 24.4 Å². The first kappa shape index (κ1) is 16.4. The topological polar surface area (TPSA) is 70.0 Å². The first-order valence-electron chi connectivity index (χ1n) is 8.04. The zero-order valence-corrected chi connectivity index (χ0v) is 14.4. The molecule has 0 amide bonds. The largest absolute Gasteiger partial charge is 0.395 e. The molecule has 1 aromatic carbocycles. The monoisotopic (exact) mass is 360 g/mol. The second-order valence-electron chi connectivity index (χ2n) is 6.26. The van der Waals surface area contributed by atoms with E-state index in [0.717, 1.165) is 16.7 Å². The average Bonchev–Trinajstić information content (AvgIpc) is 3.08. The van der Waals surface area contributed by atoms with Gasteiger partial charge < -0.3 is 5.11 Å². The van der Waals surface area contributed by atoms with Gasteiger partial charge in [-0.1, -0.05) is 6.07 Å². The summed E-state index contributed by atoms with van der Waals surface area (Å²) in [6.07, 6.45) is 5.04. The van der Waals surface area contributed by atoms with Gasteiger partial charge in [0.1, 0.15) is 5.83 Å². The number of fused-ring (bicyclic) bond motifs is 2. The Hall–Kier alpha value is -2.09. The van der Waals surface area contributed by atoms with Gasteiger partial charge in [0.2, 0.25) is 10.0 Å². The molecule has 1 aromatic rings. The summed E-state index contributed by atoms with van der Waals surface area (Å²) in [7, 11) is -3.58. The highest BCUT2D eigenvalue weighted by molar-refractivity contribution is 7.89. The third-order valence-electron chi connectivity index (χ3n) is 4.83. The van der Waals surface area contributed by atoms with Crippen molar-refractivity contribution in [2.24, 2.45) is 4.99 Å². The Bertz CT molecular complexity index is 990. The Kier molecular flexibility index (Phi) is 3.75. The molecule has 0 aromatic heterocycles. The summed E-state index contributed by atoms with van der Waals surface area (Å²) >= 11 is 0. The third kappa shape index (κ3) is 2.42. The Morgan fingerprint density at radius 1 is 1.32 bits per heavy atom. The van der Waals surface area contributed by atoms with Crippen LogP contribution < -0.4 is 0 Å². The number of aliphatic hydroxyl groups excluding tert-OH is 1. The smallest absolute Gasteiger partial charge is 0.244 e. The van der Waals surface area contributed by atoms with Gasteiger partial charge in [0.05, 0.1) is 17.2 Å². The van der Waals surface area contributed by atoms with Crippen molar-refractivity contribution in [1.82, 2.24) is 4.31 Å². The minimum Gasteiger partial charge on any atom is -0.395 e. The fraction of sp³-hybridized carbons (Fsp3) is 0.278. The second-order valence-corrected chi connectivity index (χ2v) is 8.12. The number of aliphatic hydroxyl groups is 1. The number of sulfonamides is 1. The van der Waals surface area contributed by atoms with Crippen LogP contribution in [0.1, 0.15) is 30.5 Å². The fourth-order valence-electron chi connectivity index (χ4n) is 3.57. The number of β-amino-alcohol motifs (C(OH)–C–C–N with tert-alkyl or cyclic N) is 1. The van der Waals surface area contributed by atoms with Gasteiger partial charge in [-0.15, -0.1) is 0 Å². The molecule has 1 unspecified atom stereocenters. The molecule has 0 saturated carbocycles. The van der Waals surface area contributed by atoms with Gasteiger partial charge in [0.25, 0.3) is 0 Å². The van der Waals surface area contributed by atoms with Crippen molar-refractivity contribution in [2.45, 2.75) is 24.3 Å². The summed E-state index contributed by atoms with van der Waals surface area (Å²) < 4.78 is 39.9. The molecule has 0 radical (unpaired) electrons. The van der Waals surface area contributed by atoms with Gasteiger partial charge in [-0.05, 0) is 42.3 Å². The van der Waals surface area contributed by atoms with Gasteiger partial charge in [-0.2, -0.15) is 4.31 Å². The van der Waals surface area contributed by atoms with Crippen molar-refractivity contribution in [3.8, 4) is 0 Å². The fourth-order valence-corrected chi connectivity index (χ4v) is 5.44. The summed E-state index contributed by atoms with van der Waals surface area (Å²) in [5, 5.41) is 9.16. The molecular formula is C18H17FN2O3S. The minimum absolute atomic E-state index is 0.0681. The van der Waals surface area contributed by atoms with Crippen LogP contribution in [0.4, 0.5) is 4.39 Å². The lowest BCUT2D eigenvalue weighted by atomic mass is 9.91. The summed E-state index contributed by atoms with van der Waals surface area (Å²) in [4.78, 5) is 4.57. The maximum absolute atomic E-state index is 13.4. The standard InChI is InChI=1S/C18H17FN2O3S/c1-11-15-8-12(2-5-18(15)25(23,24)21(11)6-7-22)16-10-20-17-9-13(19)3-4-14(16)17/h2-5,8,10-11,22H,6-7,9H2,1H3. The van der Waals surface area contributed by atoms with E-state index in [2.05, 4.69) is 4.99 Å². The molecule has 0 fully saturated rings. The van der Waals surface area contributed by atoms with Crippen LogP contribution in [0.3, 0.4) is 0 Å². The number of allylic oxidation sites excluding steroid dienone is 5. The molecule has 2 heterocycles. The average molecular weight is 360 g/mol. The normalized spacial score (nSPS) is 24.2. The molecule has 2 aliphatic heterocycles. The number of rotatable bonds is 3.